The Bertz CT molecular complexity index is 1540. The van der Waals surface area contributed by atoms with Gasteiger partial charge in [-0.3, -0.25) is 9.48 Å². The van der Waals surface area contributed by atoms with E-state index in [9.17, 15) is 4.79 Å². The van der Waals surface area contributed by atoms with Crippen molar-refractivity contribution in [3.05, 3.63) is 82.8 Å². The lowest BCUT2D eigenvalue weighted by molar-refractivity contribution is 0.0945. The Morgan fingerprint density at radius 1 is 1.03 bits per heavy atom. The molecular formula is C30H34ClN7O. The minimum atomic E-state index is -0.223. The smallest absolute Gasteiger partial charge is 0.282 e. The zero-order valence-electron chi connectivity index (χ0n) is 22.3. The number of para-hydroxylation sites is 1. The number of likely N-dealkylation sites (tertiary alicyclic amines) is 1. The summed E-state index contributed by atoms with van der Waals surface area (Å²) >= 11 is 6.43. The van der Waals surface area contributed by atoms with Crippen LogP contribution in [0.5, 0.6) is 0 Å². The van der Waals surface area contributed by atoms with Crippen LogP contribution in [-0.4, -0.2) is 57.5 Å². The number of piperidine rings is 2. The number of hydrogen-bond acceptors (Lipinski definition) is 6. The third-order valence-corrected chi connectivity index (χ3v) is 8.74. The van der Waals surface area contributed by atoms with E-state index in [1.807, 2.05) is 18.2 Å². The van der Waals surface area contributed by atoms with E-state index in [2.05, 4.69) is 58.0 Å². The third kappa shape index (κ3) is 4.94. The normalized spacial score (nSPS) is 17.5. The molecule has 202 valence electrons. The van der Waals surface area contributed by atoms with Gasteiger partial charge in [0.2, 0.25) is 5.95 Å². The van der Waals surface area contributed by atoms with Gasteiger partial charge in [-0.15, -0.1) is 6.58 Å². The molecule has 9 heteroatoms. The summed E-state index contributed by atoms with van der Waals surface area (Å²) in [5.41, 5.74) is 3.57. The Balaban J connectivity index is 1.20. The van der Waals surface area contributed by atoms with Gasteiger partial charge < -0.3 is 15.1 Å². The Kier molecular flexibility index (Phi) is 6.91. The van der Waals surface area contributed by atoms with Crippen molar-refractivity contribution in [2.75, 3.05) is 43.4 Å². The molecule has 4 heterocycles. The van der Waals surface area contributed by atoms with Gasteiger partial charge in [0, 0.05) is 30.7 Å². The topological polar surface area (TPSA) is 71.2 Å². The second-order valence-electron chi connectivity index (χ2n) is 10.8. The fraction of sp³-hybridized carbons (Fsp3) is 0.367. The molecule has 0 bridgehead atoms. The molecule has 1 N–H and O–H groups in total. The highest BCUT2D eigenvalue weighted by Gasteiger charge is 2.36. The molecule has 2 aliphatic rings. The number of anilines is 3. The van der Waals surface area contributed by atoms with Crippen LogP contribution in [0, 0.1) is 5.41 Å². The Labute approximate surface area is 233 Å². The number of allylic oxidation sites excluding steroid dienone is 1. The summed E-state index contributed by atoms with van der Waals surface area (Å²) in [4.78, 5) is 27.4. The molecule has 0 unspecified atom stereocenters. The molecule has 6 rings (SSSR count). The van der Waals surface area contributed by atoms with Crippen LogP contribution < -0.4 is 15.8 Å². The van der Waals surface area contributed by atoms with Crippen LogP contribution in [0.15, 0.2) is 72.2 Å². The van der Waals surface area contributed by atoms with E-state index in [1.54, 1.807) is 23.0 Å². The predicted octanol–water partition coefficient (Wildman–Crippen LogP) is 5.48. The van der Waals surface area contributed by atoms with Gasteiger partial charge >= 0.3 is 0 Å². The Morgan fingerprint density at radius 3 is 2.41 bits per heavy atom. The van der Waals surface area contributed by atoms with E-state index < -0.39 is 0 Å². The monoisotopic (exact) mass is 543 g/mol. The molecule has 2 fully saturated rings. The van der Waals surface area contributed by atoms with Crippen LogP contribution in [0.25, 0.3) is 16.7 Å². The van der Waals surface area contributed by atoms with E-state index in [-0.39, 0.29) is 5.56 Å². The molecule has 1 spiro atoms. The van der Waals surface area contributed by atoms with E-state index in [0.29, 0.717) is 39.7 Å². The van der Waals surface area contributed by atoms with Gasteiger partial charge in [0.05, 0.1) is 17.3 Å². The summed E-state index contributed by atoms with van der Waals surface area (Å²) in [6.07, 6.45) is 8.50. The second kappa shape index (κ2) is 10.5. The summed E-state index contributed by atoms with van der Waals surface area (Å²) in [6.45, 7) is 8.92. The average Bonchev–Trinajstić information content (AvgIpc) is 3.22. The lowest BCUT2D eigenvalue weighted by atomic mass is 9.71. The zero-order chi connectivity index (χ0) is 27.0. The van der Waals surface area contributed by atoms with Gasteiger partial charge in [-0.25, -0.2) is 9.67 Å². The second-order valence-corrected chi connectivity index (χ2v) is 11.2. The fourth-order valence-electron chi connectivity index (χ4n) is 5.97. The fourth-order valence-corrected chi connectivity index (χ4v) is 6.19. The average molecular weight is 544 g/mol. The van der Waals surface area contributed by atoms with Crippen LogP contribution in [0.1, 0.15) is 25.7 Å². The van der Waals surface area contributed by atoms with Crippen LogP contribution in [0.3, 0.4) is 0 Å². The summed E-state index contributed by atoms with van der Waals surface area (Å²) < 4.78 is 3.31. The molecule has 39 heavy (non-hydrogen) atoms. The zero-order valence-corrected chi connectivity index (χ0v) is 23.1. The van der Waals surface area contributed by atoms with E-state index >= 15 is 0 Å². The van der Waals surface area contributed by atoms with Crippen LogP contribution >= 0.6 is 11.6 Å². The number of aromatic nitrogens is 4. The van der Waals surface area contributed by atoms with Crippen molar-refractivity contribution in [2.45, 2.75) is 32.2 Å². The van der Waals surface area contributed by atoms with Crippen molar-refractivity contribution in [3.8, 4) is 5.69 Å². The number of halogens is 1. The number of rotatable bonds is 6. The van der Waals surface area contributed by atoms with Gasteiger partial charge in [-0.05, 0) is 87.6 Å². The number of nitrogens with one attached hydrogen (secondary N) is 1. The molecule has 8 nitrogen and oxygen atoms in total. The maximum atomic E-state index is 13.3. The molecule has 0 atom stereocenters. The first kappa shape index (κ1) is 25.6. The predicted molar refractivity (Wildman–Crippen MR) is 159 cm³/mol. The van der Waals surface area contributed by atoms with Gasteiger partial charge in [0.25, 0.3) is 5.56 Å². The molecule has 0 amide bonds. The van der Waals surface area contributed by atoms with Crippen LogP contribution in [0.4, 0.5) is 17.3 Å². The maximum Gasteiger partial charge on any atom is 0.282 e. The number of nitrogens with zero attached hydrogens (tertiary/aromatic N) is 6. The minimum absolute atomic E-state index is 0.223. The molecule has 2 aromatic carbocycles. The van der Waals surface area contributed by atoms with Crippen molar-refractivity contribution in [1.82, 2.24) is 24.2 Å². The first-order valence-electron chi connectivity index (χ1n) is 13.6. The lowest BCUT2D eigenvalue weighted by Gasteiger charge is -2.46. The van der Waals surface area contributed by atoms with E-state index in [0.717, 1.165) is 18.8 Å². The molecular weight excluding hydrogens is 510 g/mol. The van der Waals surface area contributed by atoms with E-state index in [4.69, 9.17) is 16.6 Å². The molecule has 4 aromatic rings. The Morgan fingerprint density at radius 2 is 1.72 bits per heavy atom. The highest BCUT2D eigenvalue weighted by atomic mass is 35.5. The van der Waals surface area contributed by atoms with Gasteiger partial charge in [0.15, 0.2) is 5.65 Å². The van der Waals surface area contributed by atoms with Crippen molar-refractivity contribution in [2.24, 2.45) is 5.41 Å². The molecule has 0 saturated carbocycles. The van der Waals surface area contributed by atoms with Crippen molar-refractivity contribution < 1.29 is 0 Å². The van der Waals surface area contributed by atoms with Crippen LogP contribution in [0.2, 0.25) is 5.02 Å². The first-order chi connectivity index (χ1) is 19.0. The first-order valence-corrected chi connectivity index (χ1v) is 14.0. The molecule has 0 radical (unpaired) electrons. The standard InChI is InChI=1S/C30H34ClN7O/c1-3-16-37-27-24(28(39)38(37)26-7-5-4-6-25(26)31)21-32-29(34-27)33-22-8-10-23(11-9-22)36-19-14-30(15-20-36)12-17-35(2)18-13-30/h3-11,21H,1,12-20H2,2H3,(H,32,33,34). The summed E-state index contributed by atoms with van der Waals surface area (Å²) in [5.74, 6) is 0.423. The minimum Gasteiger partial charge on any atom is -0.371 e. The number of fused-ring (bicyclic) bond motifs is 1. The van der Waals surface area contributed by atoms with Crippen molar-refractivity contribution in [3.63, 3.8) is 0 Å². The molecule has 2 saturated heterocycles. The van der Waals surface area contributed by atoms with Crippen molar-refractivity contribution in [1.29, 1.82) is 0 Å². The quantitative estimate of drug-likeness (QED) is 0.325. The van der Waals surface area contributed by atoms with Gasteiger partial charge in [-0.1, -0.05) is 29.8 Å². The number of benzene rings is 2. The molecule has 2 aromatic heterocycles. The largest absolute Gasteiger partial charge is 0.371 e. The van der Waals surface area contributed by atoms with Gasteiger partial charge in [-0.2, -0.15) is 4.98 Å². The van der Waals surface area contributed by atoms with Gasteiger partial charge in [0.1, 0.15) is 5.39 Å². The Hall–Kier alpha value is -3.62. The summed E-state index contributed by atoms with van der Waals surface area (Å²) in [7, 11) is 2.23. The van der Waals surface area contributed by atoms with E-state index in [1.165, 1.54) is 49.1 Å². The SMILES string of the molecule is C=CCn1c2nc(Nc3ccc(N4CCC5(CCN(C)CC5)CC4)cc3)ncc2c(=O)n1-c1ccccc1Cl. The van der Waals surface area contributed by atoms with Crippen molar-refractivity contribution >= 4 is 40.0 Å². The number of hydrogen-bond donors (Lipinski definition) is 1. The highest BCUT2D eigenvalue weighted by molar-refractivity contribution is 6.32. The molecule has 0 aliphatic carbocycles. The highest BCUT2D eigenvalue weighted by Crippen LogP contribution is 2.42. The third-order valence-electron chi connectivity index (χ3n) is 8.42. The molecule has 2 aliphatic heterocycles. The summed E-state index contributed by atoms with van der Waals surface area (Å²) in [6, 6.07) is 15.7. The van der Waals surface area contributed by atoms with Crippen LogP contribution in [-0.2, 0) is 6.54 Å². The summed E-state index contributed by atoms with van der Waals surface area (Å²) in [5, 5.41) is 4.21. The maximum absolute atomic E-state index is 13.3. The lowest BCUT2D eigenvalue weighted by Crippen LogP contribution is -2.46.